The summed E-state index contributed by atoms with van der Waals surface area (Å²) in [6.07, 6.45) is 8.46. The van der Waals surface area contributed by atoms with Gasteiger partial charge in [-0.2, -0.15) is 5.26 Å². The summed E-state index contributed by atoms with van der Waals surface area (Å²) < 4.78 is 30.5. The molecule has 1 aliphatic carbocycles. The van der Waals surface area contributed by atoms with E-state index in [-0.39, 0.29) is 11.4 Å². The van der Waals surface area contributed by atoms with E-state index in [0.29, 0.717) is 24.1 Å². The molecule has 0 bridgehead atoms. The average Bonchev–Trinajstić information content (AvgIpc) is 3.44. The molecule has 0 unspecified atom stereocenters. The first-order valence-corrected chi connectivity index (χ1v) is 12.8. The number of rotatable bonds is 7. The lowest BCUT2D eigenvalue weighted by molar-refractivity contribution is 0.254. The number of nitriles is 1. The van der Waals surface area contributed by atoms with Gasteiger partial charge in [0.15, 0.2) is 0 Å². The molecular weight excluding hydrogens is 436 g/mol. The number of imidazole rings is 1. The Labute approximate surface area is 192 Å². The lowest BCUT2D eigenvalue weighted by Gasteiger charge is -2.28. The van der Waals surface area contributed by atoms with Gasteiger partial charge in [0.1, 0.15) is 17.0 Å². The minimum atomic E-state index is -3.65. The van der Waals surface area contributed by atoms with Crippen LogP contribution in [0.2, 0.25) is 0 Å². The fourth-order valence-electron chi connectivity index (χ4n) is 4.86. The fraction of sp³-hybridized carbons (Fsp3) is 0.375. The van der Waals surface area contributed by atoms with Crippen LogP contribution in [-0.2, 0) is 23.1 Å². The van der Waals surface area contributed by atoms with Crippen LogP contribution in [-0.4, -0.2) is 27.9 Å². The smallest absolute Gasteiger partial charge is 0.240 e. The molecular formula is C24H26N6O2S. The van der Waals surface area contributed by atoms with Crippen molar-refractivity contribution >= 4 is 32.1 Å². The number of sulfonamides is 1. The molecule has 8 nitrogen and oxygen atoms in total. The zero-order chi connectivity index (χ0) is 22.8. The molecule has 0 aliphatic heterocycles. The highest BCUT2D eigenvalue weighted by Crippen LogP contribution is 2.33. The van der Waals surface area contributed by atoms with Gasteiger partial charge >= 0.3 is 0 Å². The number of nitrogens with zero attached hydrogens (tertiary/aromatic N) is 4. The summed E-state index contributed by atoms with van der Waals surface area (Å²) in [5.74, 6) is 1.63. The number of hydrogen-bond donors (Lipinski definition) is 2. The molecule has 1 aliphatic rings. The molecule has 2 N–H and O–H groups in total. The second-order valence-corrected chi connectivity index (χ2v) is 10.5. The molecule has 5 rings (SSSR count). The Kier molecular flexibility index (Phi) is 5.87. The van der Waals surface area contributed by atoms with E-state index in [4.69, 9.17) is 10.2 Å². The molecule has 4 aromatic rings. The van der Waals surface area contributed by atoms with Crippen LogP contribution >= 0.6 is 0 Å². The average molecular weight is 463 g/mol. The lowest BCUT2D eigenvalue weighted by Crippen LogP contribution is -2.26. The van der Waals surface area contributed by atoms with Crippen molar-refractivity contribution in [3.05, 3.63) is 54.6 Å². The largest absolute Gasteiger partial charge is 0.346 e. The van der Waals surface area contributed by atoms with Gasteiger partial charge in [-0.15, -0.1) is 0 Å². The summed E-state index contributed by atoms with van der Waals surface area (Å²) in [5, 5.41) is 9.99. The van der Waals surface area contributed by atoms with Gasteiger partial charge in [0.25, 0.3) is 0 Å². The van der Waals surface area contributed by atoms with Crippen molar-refractivity contribution in [1.29, 1.82) is 5.26 Å². The van der Waals surface area contributed by atoms with Crippen LogP contribution in [0.15, 0.2) is 53.7 Å². The van der Waals surface area contributed by atoms with E-state index in [1.165, 1.54) is 0 Å². The summed E-state index contributed by atoms with van der Waals surface area (Å²) in [7, 11) is -3.65. The van der Waals surface area contributed by atoms with Gasteiger partial charge < -0.3 is 9.55 Å². The standard InChI is InChI=1S/C24H26N6O2S/c25-12-10-17-6-8-18(9-7-17)16-30-22(15-28-33(31,32)19-4-2-1-3-5-19)29-21-14-27-24-20(23(21)30)11-13-26-24/h1-5,11,13-14,17-18,28H,6-10,15-16H2,(H,26,27). The molecule has 1 fully saturated rings. The lowest BCUT2D eigenvalue weighted by atomic mass is 9.80. The summed E-state index contributed by atoms with van der Waals surface area (Å²) in [6.45, 7) is 0.865. The van der Waals surface area contributed by atoms with Crippen LogP contribution in [0.5, 0.6) is 0 Å². The highest BCUT2D eigenvalue weighted by Gasteiger charge is 2.24. The number of aromatic nitrogens is 4. The summed E-state index contributed by atoms with van der Waals surface area (Å²) in [4.78, 5) is 12.6. The van der Waals surface area contributed by atoms with E-state index >= 15 is 0 Å². The molecule has 33 heavy (non-hydrogen) atoms. The van der Waals surface area contributed by atoms with Crippen LogP contribution in [0.25, 0.3) is 22.1 Å². The molecule has 0 amide bonds. The molecule has 3 heterocycles. The molecule has 0 atom stereocenters. The number of nitrogens with one attached hydrogen (secondary N) is 2. The first-order chi connectivity index (χ1) is 16.0. The topological polar surface area (TPSA) is 116 Å². The van der Waals surface area contributed by atoms with Crippen LogP contribution in [0.3, 0.4) is 0 Å². The van der Waals surface area contributed by atoms with E-state index in [9.17, 15) is 8.42 Å². The molecule has 3 aromatic heterocycles. The van der Waals surface area contributed by atoms with Crippen molar-refractivity contribution in [2.24, 2.45) is 11.8 Å². The third kappa shape index (κ3) is 4.36. The van der Waals surface area contributed by atoms with Crippen molar-refractivity contribution in [2.75, 3.05) is 0 Å². The first-order valence-electron chi connectivity index (χ1n) is 11.3. The normalized spacial score (nSPS) is 19.1. The van der Waals surface area contributed by atoms with Crippen molar-refractivity contribution in [2.45, 2.75) is 50.1 Å². The van der Waals surface area contributed by atoms with E-state index in [2.05, 4.69) is 25.3 Å². The number of aromatic amines is 1. The second-order valence-electron chi connectivity index (χ2n) is 8.76. The maximum Gasteiger partial charge on any atom is 0.240 e. The Morgan fingerprint density at radius 1 is 1.12 bits per heavy atom. The maximum atomic E-state index is 12.8. The van der Waals surface area contributed by atoms with Gasteiger partial charge in [-0.1, -0.05) is 18.2 Å². The Hall–Kier alpha value is -3.22. The predicted octanol–water partition coefficient (Wildman–Crippen LogP) is 4.11. The molecule has 9 heteroatoms. The number of fused-ring (bicyclic) bond motifs is 3. The zero-order valence-electron chi connectivity index (χ0n) is 18.2. The quantitative estimate of drug-likeness (QED) is 0.429. The third-order valence-corrected chi connectivity index (χ3v) is 8.05. The Morgan fingerprint density at radius 3 is 2.64 bits per heavy atom. The molecule has 0 spiro atoms. The molecule has 1 saturated carbocycles. The highest BCUT2D eigenvalue weighted by molar-refractivity contribution is 7.89. The number of hydrogen-bond acceptors (Lipinski definition) is 5. The monoisotopic (exact) mass is 462 g/mol. The summed E-state index contributed by atoms with van der Waals surface area (Å²) in [5.41, 5.74) is 2.53. The fourth-order valence-corrected chi connectivity index (χ4v) is 5.86. The Bertz CT molecular complexity index is 1410. The highest BCUT2D eigenvalue weighted by atomic mass is 32.2. The Balaban J connectivity index is 1.46. The molecule has 170 valence electrons. The van der Waals surface area contributed by atoms with Crippen LogP contribution in [0, 0.1) is 23.2 Å². The Morgan fingerprint density at radius 2 is 1.88 bits per heavy atom. The molecule has 0 saturated heterocycles. The van der Waals surface area contributed by atoms with Gasteiger partial charge in [-0.05, 0) is 55.7 Å². The molecule has 0 radical (unpaired) electrons. The van der Waals surface area contributed by atoms with E-state index in [1.807, 2.05) is 12.3 Å². The maximum absolute atomic E-state index is 12.8. The van der Waals surface area contributed by atoms with E-state index < -0.39 is 10.0 Å². The van der Waals surface area contributed by atoms with Gasteiger partial charge in [0.05, 0.1) is 29.2 Å². The zero-order valence-corrected chi connectivity index (χ0v) is 19.1. The number of H-pyrrole nitrogens is 1. The van der Waals surface area contributed by atoms with Crippen LogP contribution in [0.4, 0.5) is 0 Å². The van der Waals surface area contributed by atoms with E-state index in [1.54, 1.807) is 36.5 Å². The molecule has 1 aromatic carbocycles. The minimum absolute atomic E-state index is 0.0988. The first kappa shape index (κ1) is 21.6. The third-order valence-electron chi connectivity index (χ3n) is 6.63. The minimum Gasteiger partial charge on any atom is -0.346 e. The van der Waals surface area contributed by atoms with Crippen molar-refractivity contribution < 1.29 is 8.42 Å². The van der Waals surface area contributed by atoms with Gasteiger partial charge in [0, 0.05) is 24.5 Å². The summed E-state index contributed by atoms with van der Waals surface area (Å²) in [6, 6.07) is 12.7. The van der Waals surface area contributed by atoms with Crippen LogP contribution in [0.1, 0.15) is 37.9 Å². The summed E-state index contributed by atoms with van der Waals surface area (Å²) >= 11 is 0. The number of pyridine rings is 1. The van der Waals surface area contributed by atoms with Crippen LogP contribution < -0.4 is 4.72 Å². The second kappa shape index (κ2) is 8.96. The van der Waals surface area contributed by atoms with Crippen molar-refractivity contribution in [3.63, 3.8) is 0 Å². The van der Waals surface area contributed by atoms with E-state index in [0.717, 1.165) is 54.3 Å². The van der Waals surface area contributed by atoms with Crippen molar-refractivity contribution in [1.82, 2.24) is 24.2 Å². The van der Waals surface area contributed by atoms with Gasteiger partial charge in [-0.3, -0.25) is 0 Å². The van der Waals surface area contributed by atoms with Gasteiger partial charge in [-0.25, -0.2) is 23.1 Å². The number of benzene rings is 1. The SMILES string of the molecule is N#CCC1CCC(Cn2c(CNS(=O)(=O)c3ccccc3)nc3cnc4[nH]ccc4c32)CC1. The predicted molar refractivity (Wildman–Crippen MR) is 126 cm³/mol. The van der Waals surface area contributed by atoms with Gasteiger partial charge in [0.2, 0.25) is 10.0 Å². The van der Waals surface area contributed by atoms with Crippen molar-refractivity contribution in [3.8, 4) is 6.07 Å².